The molecule has 0 spiro atoms. The van der Waals surface area contributed by atoms with Gasteiger partial charge in [0.05, 0.1) is 18.0 Å². The van der Waals surface area contributed by atoms with E-state index in [1.165, 1.54) is 0 Å². The third-order valence-electron chi connectivity index (χ3n) is 4.86. The molecule has 2 aromatic carbocycles. The minimum atomic E-state index is 0.0194. The standard InChI is InChI=1S/C23H27N3O2S/c1-17-8-6-9-18(2)23(17)24-21(27)12-7-15-29-16-22(28)26-14-13-20(25-26)19-10-4-3-5-11-19/h3-6,8-11H,7,12-16H2,1-2H3,(H,24,27). The number of benzene rings is 2. The summed E-state index contributed by atoms with van der Waals surface area (Å²) in [4.78, 5) is 24.5. The van der Waals surface area contributed by atoms with Gasteiger partial charge in [-0.05, 0) is 42.7 Å². The molecule has 0 radical (unpaired) electrons. The highest BCUT2D eigenvalue weighted by Crippen LogP contribution is 2.20. The van der Waals surface area contributed by atoms with Crippen LogP contribution in [0, 0.1) is 13.8 Å². The zero-order valence-corrected chi connectivity index (χ0v) is 17.8. The molecule has 2 aromatic rings. The molecule has 0 unspecified atom stereocenters. The number of nitrogens with zero attached hydrogens (tertiary/aromatic N) is 2. The van der Waals surface area contributed by atoms with E-state index in [9.17, 15) is 9.59 Å². The Morgan fingerprint density at radius 1 is 1.07 bits per heavy atom. The number of amides is 2. The smallest absolute Gasteiger partial charge is 0.252 e. The van der Waals surface area contributed by atoms with Crippen molar-refractivity contribution in [1.29, 1.82) is 0 Å². The summed E-state index contributed by atoms with van der Waals surface area (Å²) in [6.07, 6.45) is 1.99. The van der Waals surface area contributed by atoms with Gasteiger partial charge in [-0.15, -0.1) is 0 Å². The second-order valence-electron chi connectivity index (χ2n) is 7.15. The van der Waals surface area contributed by atoms with E-state index in [4.69, 9.17) is 0 Å². The molecule has 5 nitrogen and oxygen atoms in total. The molecule has 29 heavy (non-hydrogen) atoms. The molecule has 1 aliphatic rings. The van der Waals surface area contributed by atoms with Gasteiger partial charge >= 0.3 is 0 Å². The van der Waals surface area contributed by atoms with Gasteiger partial charge in [0.2, 0.25) is 5.91 Å². The number of nitrogens with one attached hydrogen (secondary N) is 1. The maximum absolute atomic E-state index is 12.4. The summed E-state index contributed by atoms with van der Waals surface area (Å²) >= 11 is 1.56. The van der Waals surface area contributed by atoms with E-state index in [-0.39, 0.29) is 11.8 Å². The number of anilines is 1. The summed E-state index contributed by atoms with van der Waals surface area (Å²) in [6.45, 7) is 4.63. The lowest BCUT2D eigenvalue weighted by atomic mass is 10.1. The Morgan fingerprint density at radius 2 is 1.79 bits per heavy atom. The number of hydrogen-bond acceptors (Lipinski definition) is 4. The largest absolute Gasteiger partial charge is 0.326 e. The first-order valence-electron chi connectivity index (χ1n) is 9.91. The molecule has 1 heterocycles. The van der Waals surface area contributed by atoms with Crippen molar-refractivity contribution in [1.82, 2.24) is 5.01 Å². The zero-order valence-electron chi connectivity index (χ0n) is 17.0. The summed E-state index contributed by atoms with van der Waals surface area (Å²) in [5.41, 5.74) is 5.08. The monoisotopic (exact) mass is 409 g/mol. The SMILES string of the molecule is Cc1cccc(C)c1NC(=O)CCCSCC(=O)N1CCC(c2ccccc2)=N1. The highest BCUT2D eigenvalue weighted by molar-refractivity contribution is 7.99. The normalized spacial score (nSPS) is 13.3. The second kappa shape index (κ2) is 10.3. The van der Waals surface area contributed by atoms with Crippen molar-refractivity contribution in [3.63, 3.8) is 0 Å². The summed E-state index contributed by atoms with van der Waals surface area (Å²) in [5.74, 6) is 1.21. The number of rotatable bonds is 8. The number of carbonyl (C=O) groups is 2. The van der Waals surface area contributed by atoms with Gasteiger partial charge in [0.25, 0.3) is 5.91 Å². The maximum Gasteiger partial charge on any atom is 0.252 e. The molecule has 3 rings (SSSR count). The third kappa shape index (κ3) is 5.94. The second-order valence-corrected chi connectivity index (χ2v) is 8.26. The first-order valence-corrected chi connectivity index (χ1v) is 11.1. The lowest BCUT2D eigenvalue weighted by Crippen LogP contribution is -2.25. The molecule has 0 saturated carbocycles. The fourth-order valence-electron chi connectivity index (χ4n) is 3.25. The molecule has 1 aliphatic heterocycles. The predicted octanol–water partition coefficient (Wildman–Crippen LogP) is 4.39. The van der Waals surface area contributed by atoms with E-state index >= 15 is 0 Å². The topological polar surface area (TPSA) is 61.8 Å². The Morgan fingerprint density at radius 3 is 2.52 bits per heavy atom. The molecule has 0 bridgehead atoms. The molecule has 0 saturated heterocycles. The van der Waals surface area contributed by atoms with Gasteiger partial charge in [0.1, 0.15) is 0 Å². The third-order valence-corrected chi connectivity index (χ3v) is 5.89. The van der Waals surface area contributed by atoms with E-state index in [1.807, 2.05) is 62.4 Å². The van der Waals surface area contributed by atoms with Crippen LogP contribution in [0.25, 0.3) is 0 Å². The Kier molecular flexibility index (Phi) is 7.47. The van der Waals surface area contributed by atoms with Crippen LogP contribution in [-0.4, -0.2) is 40.6 Å². The average Bonchev–Trinajstić information content (AvgIpc) is 3.21. The number of hydrazone groups is 1. The molecule has 0 fully saturated rings. The number of hydrogen-bond donors (Lipinski definition) is 1. The van der Waals surface area contributed by atoms with E-state index in [2.05, 4.69) is 10.4 Å². The molecular weight excluding hydrogens is 382 g/mol. The highest BCUT2D eigenvalue weighted by atomic mass is 32.2. The van der Waals surface area contributed by atoms with E-state index in [0.29, 0.717) is 18.7 Å². The van der Waals surface area contributed by atoms with Crippen LogP contribution in [-0.2, 0) is 9.59 Å². The van der Waals surface area contributed by atoms with Crippen LogP contribution in [0.4, 0.5) is 5.69 Å². The van der Waals surface area contributed by atoms with E-state index in [0.717, 1.165) is 46.7 Å². The van der Waals surface area contributed by atoms with Crippen molar-refractivity contribution in [3.05, 3.63) is 65.2 Å². The van der Waals surface area contributed by atoms with Crippen molar-refractivity contribution in [3.8, 4) is 0 Å². The Bertz CT molecular complexity index is 876. The highest BCUT2D eigenvalue weighted by Gasteiger charge is 2.21. The van der Waals surface area contributed by atoms with Gasteiger partial charge in [-0.3, -0.25) is 9.59 Å². The van der Waals surface area contributed by atoms with Gasteiger partial charge < -0.3 is 5.32 Å². The summed E-state index contributed by atoms with van der Waals surface area (Å²) in [5, 5.41) is 9.05. The maximum atomic E-state index is 12.4. The lowest BCUT2D eigenvalue weighted by Gasteiger charge is -2.12. The van der Waals surface area contributed by atoms with Crippen LogP contribution in [0.5, 0.6) is 0 Å². The molecule has 1 N–H and O–H groups in total. The molecule has 6 heteroatoms. The van der Waals surface area contributed by atoms with E-state index in [1.54, 1.807) is 16.8 Å². The Hall–Kier alpha value is -2.60. The van der Waals surface area contributed by atoms with Crippen LogP contribution in [0.15, 0.2) is 53.6 Å². The van der Waals surface area contributed by atoms with Gasteiger partial charge in [-0.25, -0.2) is 5.01 Å². The van der Waals surface area contributed by atoms with Crippen molar-refractivity contribution < 1.29 is 9.59 Å². The van der Waals surface area contributed by atoms with Crippen LogP contribution in [0.3, 0.4) is 0 Å². The minimum absolute atomic E-state index is 0.0194. The van der Waals surface area contributed by atoms with Crippen molar-refractivity contribution in [2.45, 2.75) is 33.1 Å². The number of aryl methyl sites for hydroxylation is 2. The van der Waals surface area contributed by atoms with Crippen LogP contribution < -0.4 is 5.32 Å². The van der Waals surface area contributed by atoms with Crippen LogP contribution in [0.2, 0.25) is 0 Å². The van der Waals surface area contributed by atoms with Gasteiger partial charge in [0.15, 0.2) is 0 Å². The van der Waals surface area contributed by atoms with Gasteiger partial charge in [-0.1, -0.05) is 48.5 Å². The fraction of sp³-hybridized carbons (Fsp3) is 0.348. The molecule has 152 valence electrons. The van der Waals surface area contributed by atoms with Gasteiger partial charge in [0, 0.05) is 18.5 Å². The molecule has 0 atom stereocenters. The average molecular weight is 410 g/mol. The van der Waals surface area contributed by atoms with Gasteiger partial charge in [-0.2, -0.15) is 16.9 Å². The van der Waals surface area contributed by atoms with Crippen molar-refractivity contribution in [2.24, 2.45) is 5.10 Å². The summed E-state index contributed by atoms with van der Waals surface area (Å²) < 4.78 is 0. The number of thioether (sulfide) groups is 1. The quantitative estimate of drug-likeness (QED) is 0.658. The molecule has 0 aliphatic carbocycles. The van der Waals surface area contributed by atoms with Crippen molar-refractivity contribution >= 4 is 35.0 Å². The predicted molar refractivity (Wildman–Crippen MR) is 120 cm³/mol. The molecule has 0 aromatic heterocycles. The Balaban J connectivity index is 1.36. The lowest BCUT2D eigenvalue weighted by molar-refractivity contribution is -0.127. The fourth-order valence-corrected chi connectivity index (χ4v) is 4.07. The first-order chi connectivity index (χ1) is 14.0. The Labute approximate surface area is 176 Å². The van der Waals surface area contributed by atoms with E-state index < -0.39 is 0 Å². The molecule has 2 amide bonds. The number of carbonyl (C=O) groups excluding carboxylic acids is 2. The molecular formula is C23H27N3O2S. The number of para-hydroxylation sites is 1. The first kappa shape index (κ1) is 21.1. The van der Waals surface area contributed by atoms with Crippen LogP contribution in [0.1, 0.15) is 36.0 Å². The summed E-state index contributed by atoms with van der Waals surface area (Å²) in [7, 11) is 0. The van der Waals surface area contributed by atoms with Crippen molar-refractivity contribution in [2.75, 3.05) is 23.4 Å². The summed E-state index contributed by atoms with van der Waals surface area (Å²) in [6, 6.07) is 15.9. The van der Waals surface area contributed by atoms with Crippen LogP contribution >= 0.6 is 11.8 Å². The zero-order chi connectivity index (χ0) is 20.6. The minimum Gasteiger partial charge on any atom is -0.326 e.